The second kappa shape index (κ2) is 9.82. The fraction of sp³-hybridized carbons (Fsp3) is 0.115. The number of benzene rings is 3. The maximum atomic E-state index is 12.7. The Morgan fingerprint density at radius 3 is 2.36 bits per heavy atom. The molecule has 3 aromatic carbocycles. The molecule has 0 saturated carbocycles. The molecule has 4 rings (SSSR count). The average molecular weight is 441 g/mol. The molecule has 0 bridgehead atoms. The Balaban J connectivity index is 1.34. The van der Waals surface area contributed by atoms with Gasteiger partial charge in [-0.2, -0.15) is 0 Å². The largest absolute Gasteiger partial charge is 0.484 e. The highest BCUT2D eigenvalue weighted by atomic mass is 16.5. The number of ether oxygens (including phenoxy) is 1. The summed E-state index contributed by atoms with van der Waals surface area (Å²) in [4.78, 5) is 38.2. The maximum absolute atomic E-state index is 12.7. The predicted molar refractivity (Wildman–Crippen MR) is 125 cm³/mol. The molecule has 0 radical (unpaired) electrons. The van der Waals surface area contributed by atoms with E-state index < -0.39 is 6.03 Å². The SMILES string of the molecule is Cc1ccc(CN2C(=O)NC(=Cc3ccc(OCC(=O)Nc4ccccc4)cc3)C2=O)cc1. The van der Waals surface area contributed by atoms with Crippen molar-refractivity contribution in [3.8, 4) is 5.75 Å². The minimum atomic E-state index is -0.448. The topological polar surface area (TPSA) is 87.7 Å². The lowest BCUT2D eigenvalue weighted by atomic mass is 10.1. The highest BCUT2D eigenvalue weighted by Crippen LogP contribution is 2.19. The van der Waals surface area contributed by atoms with Crippen molar-refractivity contribution in [2.24, 2.45) is 0 Å². The first-order valence-electron chi connectivity index (χ1n) is 10.5. The van der Waals surface area contributed by atoms with Gasteiger partial charge in [0.05, 0.1) is 6.54 Å². The quantitative estimate of drug-likeness (QED) is 0.427. The number of nitrogens with one attached hydrogen (secondary N) is 2. The van der Waals surface area contributed by atoms with Crippen LogP contribution in [0.15, 0.2) is 84.6 Å². The van der Waals surface area contributed by atoms with Crippen LogP contribution in [-0.4, -0.2) is 29.4 Å². The van der Waals surface area contributed by atoms with Crippen LogP contribution in [0.25, 0.3) is 6.08 Å². The van der Waals surface area contributed by atoms with E-state index in [9.17, 15) is 14.4 Å². The third-order valence-corrected chi connectivity index (χ3v) is 5.04. The van der Waals surface area contributed by atoms with Gasteiger partial charge in [-0.25, -0.2) is 4.79 Å². The summed E-state index contributed by atoms with van der Waals surface area (Å²) in [5.41, 5.74) is 3.62. The van der Waals surface area contributed by atoms with E-state index >= 15 is 0 Å². The molecule has 0 unspecified atom stereocenters. The molecule has 1 heterocycles. The number of urea groups is 1. The molecule has 1 aliphatic rings. The second-order valence-corrected chi connectivity index (χ2v) is 7.64. The number of aryl methyl sites for hydroxylation is 1. The Morgan fingerprint density at radius 2 is 1.67 bits per heavy atom. The molecule has 33 heavy (non-hydrogen) atoms. The molecule has 3 aromatic rings. The summed E-state index contributed by atoms with van der Waals surface area (Å²) < 4.78 is 5.52. The lowest BCUT2D eigenvalue weighted by Gasteiger charge is -2.11. The Bertz CT molecular complexity index is 1190. The molecule has 7 nitrogen and oxygen atoms in total. The minimum absolute atomic E-state index is 0.127. The van der Waals surface area contributed by atoms with Crippen molar-refractivity contribution in [3.63, 3.8) is 0 Å². The van der Waals surface area contributed by atoms with Crippen LogP contribution in [0.1, 0.15) is 16.7 Å². The van der Waals surface area contributed by atoms with Crippen molar-refractivity contribution in [2.75, 3.05) is 11.9 Å². The molecule has 2 N–H and O–H groups in total. The van der Waals surface area contributed by atoms with Crippen LogP contribution in [0.4, 0.5) is 10.5 Å². The zero-order valence-corrected chi connectivity index (χ0v) is 18.1. The molecule has 166 valence electrons. The van der Waals surface area contributed by atoms with E-state index in [1.165, 1.54) is 4.90 Å². The van der Waals surface area contributed by atoms with E-state index in [1.54, 1.807) is 42.5 Å². The third-order valence-electron chi connectivity index (χ3n) is 5.04. The Hall–Kier alpha value is -4.39. The Kier molecular flexibility index (Phi) is 6.50. The second-order valence-electron chi connectivity index (χ2n) is 7.64. The molecule has 0 spiro atoms. The van der Waals surface area contributed by atoms with Crippen LogP contribution < -0.4 is 15.4 Å². The van der Waals surface area contributed by atoms with Gasteiger partial charge in [-0.05, 0) is 48.4 Å². The van der Waals surface area contributed by atoms with E-state index in [4.69, 9.17) is 4.74 Å². The molecule has 4 amide bonds. The number of nitrogens with zero attached hydrogens (tertiary/aromatic N) is 1. The number of carbonyl (C=O) groups is 3. The highest BCUT2D eigenvalue weighted by Gasteiger charge is 2.33. The van der Waals surface area contributed by atoms with E-state index in [2.05, 4.69) is 10.6 Å². The number of carbonyl (C=O) groups excluding carboxylic acids is 3. The van der Waals surface area contributed by atoms with Gasteiger partial charge >= 0.3 is 6.03 Å². The van der Waals surface area contributed by atoms with Gasteiger partial charge in [0, 0.05) is 5.69 Å². The molecule has 1 saturated heterocycles. The number of anilines is 1. The van der Waals surface area contributed by atoms with Crippen LogP contribution in [0.3, 0.4) is 0 Å². The number of para-hydroxylation sites is 1. The first-order valence-corrected chi connectivity index (χ1v) is 10.5. The van der Waals surface area contributed by atoms with Gasteiger partial charge in [-0.15, -0.1) is 0 Å². The van der Waals surface area contributed by atoms with Gasteiger partial charge in [0.2, 0.25) is 0 Å². The average Bonchev–Trinajstić information content (AvgIpc) is 3.08. The smallest absolute Gasteiger partial charge is 0.329 e. The molecule has 1 fully saturated rings. The van der Waals surface area contributed by atoms with Gasteiger partial charge in [0.25, 0.3) is 11.8 Å². The van der Waals surface area contributed by atoms with Crippen LogP contribution in [0, 0.1) is 6.92 Å². The number of hydrogen-bond donors (Lipinski definition) is 2. The number of imide groups is 1. The molecule has 7 heteroatoms. The van der Waals surface area contributed by atoms with Crippen molar-refractivity contribution in [1.82, 2.24) is 10.2 Å². The van der Waals surface area contributed by atoms with Crippen molar-refractivity contribution >= 4 is 29.6 Å². The van der Waals surface area contributed by atoms with Gasteiger partial charge in [0.15, 0.2) is 6.61 Å². The van der Waals surface area contributed by atoms with Gasteiger partial charge in [-0.1, -0.05) is 60.2 Å². The summed E-state index contributed by atoms with van der Waals surface area (Å²) in [6.07, 6.45) is 1.61. The first-order chi connectivity index (χ1) is 16.0. The molecule has 0 atom stereocenters. The predicted octanol–water partition coefficient (Wildman–Crippen LogP) is 4.11. The maximum Gasteiger partial charge on any atom is 0.329 e. The summed E-state index contributed by atoms with van der Waals surface area (Å²) in [6, 6.07) is 23.3. The monoisotopic (exact) mass is 441 g/mol. The van der Waals surface area contributed by atoms with E-state index in [0.717, 1.165) is 16.7 Å². The van der Waals surface area contributed by atoms with E-state index in [-0.39, 0.29) is 30.7 Å². The van der Waals surface area contributed by atoms with E-state index in [1.807, 2.05) is 49.4 Å². The fourth-order valence-electron chi connectivity index (χ4n) is 3.29. The lowest BCUT2D eigenvalue weighted by Crippen LogP contribution is -2.30. The van der Waals surface area contributed by atoms with Crippen LogP contribution in [0.2, 0.25) is 0 Å². The zero-order chi connectivity index (χ0) is 23.2. The Labute approximate surface area is 191 Å². The summed E-state index contributed by atoms with van der Waals surface area (Å²) in [6.45, 7) is 2.06. The highest BCUT2D eigenvalue weighted by molar-refractivity contribution is 6.13. The molecule has 0 aromatic heterocycles. The van der Waals surface area contributed by atoms with Gasteiger partial charge in [0.1, 0.15) is 11.4 Å². The number of amides is 4. The normalized spacial score (nSPS) is 14.3. The summed E-state index contributed by atoms with van der Waals surface area (Å²) in [5, 5.41) is 5.38. The number of hydrogen-bond acceptors (Lipinski definition) is 4. The molecular weight excluding hydrogens is 418 g/mol. The molecular formula is C26H23N3O4. The Morgan fingerprint density at radius 1 is 0.970 bits per heavy atom. The van der Waals surface area contributed by atoms with Crippen molar-refractivity contribution in [1.29, 1.82) is 0 Å². The summed E-state index contributed by atoms with van der Waals surface area (Å²) in [7, 11) is 0. The van der Waals surface area contributed by atoms with Crippen molar-refractivity contribution in [3.05, 3.63) is 101 Å². The third kappa shape index (κ3) is 5.65. The number of rotatable bonds is 7. The summed E-state index contributed by atoms with van der Waals surface area (Å²) in [5.74, 6) is -0.123. The van der Waals surface area contributed by atoms with Crippen LogP contribution in [0.5, 0.6) is 5.75 Å². The standard InChI is InChI=1S/C26H23N3O4/c1-18-7-9-20(10-8-18)16-29-25(31)23(28-26(29)32)15-19-11-13-22(14-12-19)33-17-24(30)27-21-5-3-2-4-6-21/h2-15H,16-17H2,1H3,(H,27,30)(H,28,32). The summed E-state index contributed by atoms with van der Waals surface area (Å²) >= 11 is 0. The minimum Gasteiger partial charge on any atom is -0.484 e. The van der Waals surface area contributed by atoms with E-state index in [0.29, 0.717) is 11.4 Å². The van der Waals surface area contributed by atoms with Gasteiger partial charge in [-0.3, -0.25) is 14.5 Å². The van der Waals surface area contributed by atoms with Crippen molar-refractivity contribution < 1.29 is 19.1 Å². The first kappa shape index (κ1) is 21.8. The lowest BCUT2D eigenvalue weighted by molar-refractivity contribution is -0.123. The van der Waals surface area contributed by atoms with Crippen molar-refractivity contribution in [2.45, 2.75) is 13.5 Å². The zero-order valence-electron chi connectivity index (χ0n) is 18.1. The van der Waals surface area contributed by atoms with Gasteiger partial charge < -0.3 is 15.4 Å². The fourth-order valence-corrected chi connectivity index (χ4v) is 3.29. The molecule has 0 aliphatic carbocycles. The molecule has 1 aliphatic heterocycles. The van der Waals surface area contributed by atoms with Crippen LogP contribution >= 0.6 is 0 Å². The van der Waals surface area contributed by atoms with Crippen LogP contribution in [-0.2, 0) is 16.1 Å².